The molecule has 0 fully saturated rings. The molecule has 3 aromatic rings. The molecule has 1 aliphatic carbocycles. The summed E-state index contributed by atoms with van der Waals surface area (Å²) < 4.78 is 1.71. The van der Waals surface area contributed by atoms with Crippen molar-refractivity contribution >= 4 is 40.8 Å². The molecule has 0 radical (unpaired) electrons. The van der Waals surface area contributed by atoms with Gasteiger partial charge in [0.25, 0.3) is 0 Å². The van der Waals surface area contributed by atoms with Crippen LogP contribution < -0.4 is 0 Å². The maximum Gasteiger partial charge on any atom is 0.356 e. The summed E-state index contributed by atoms with van der Waals surface area (Å²) in [5.74, 6) is -0.910. The molecule has 1 heterocycles. The quantitative estimate of drug-likeness (QED) is 0.457. The summed E-state index contributed by atoms with van der Waals surface area (Å²) in [6.07, 6.45) is 4.33. The fraction of sp³-hybridized carbons (Fsp3) is 0.273. The second kappa shape index (κ2) is 8.39. The van der Waals surface area contributed by atoms with Gasteiger partial charge in [0.2, 0.25) is 0 Å². The summed E-state index contributed by atoms with van der Waals surface area (Å²) in [7, 11) is 0. The summed E-state index contributed by atoms with van der Waals surface area (Å²) >= 11 is 18.7. The van der Waals surface area contributed by atoms with E-state index in [0.29, 0.717) is 27.2 Å². The number of carbonyl (C=O) groups is 1. The number of hydrogen-bond acceptors (Lipinski definition) is 2. The summed E-state index contributed by atoms with van der Waals surface area (Å²) in [5.41, 5.74) is 3.57. The summed E-state index contributed by atoms with van der Waals surface area (Å²) in [6.45, 7) is 0. The number of nitrogens with zero attached hydrogens (tertiary/aromatic N) is 2. The number of halogens is 3. The highest BCUT2D eigenvalue weighted by Gasteiger charge is 2.31. The molecule has 0 spiro atoms. The minimum absolute atomic E-state index is 0.101. The van der Waals surface area contributed by atoms with Crippen molar-refractivity contribution in [2.75, 3.05) is 0 Å². The number of carboxylic acid groups (broad SMARTS) is 1. The fourth-order valence-corrected chi connectivity index (χ4v) is 4.82. The molecule has 1 N–H and O–H groups in total. The van der Waals surface area contributed by atoms with Gasteiger partial charge in [-0.05, 0) is 61.6 Å². The van der Waals surface area contributed by atoms with Gasteiger partial charge in [-0.25, -0.2) is 9.48 Å². The first kappa shape index (κ1) is 20.3. The Kier molecular flexibility index (Phi) is 5.86. The lowest BCUT2D eigenvalue weighted by Crippen LogP contribution is -2.11. The van der Waals surface area contributed by atoms with Gasteiger partial charge in [0, 0.05) is 21.5 Å². The van der Waals surface area contributed by atoms with Gasteiger partial charge in [0.05, 0.1) is 16.4 Å². The molecular weight excluding hydrogens is 431 g/mol. The molecular formula is C22H19Cl3N2O2. The highest BCUT2D eigenvalue weighted by Crippen LogP contribution is 2.38. The Balaban J connectivity index is 1.88. The molecule has 0 saturated heterocycles. The molecule has 4 nitrogen and oxygen atoms in total. The van der Waals surface area contributed by atoms with Crippen LogP contribution in [0.2, 0.25) is 15.1 Å². The Hall–Kier alpha value is -2.01. The highest BCUT2D eigenvalue weighted by molar-refractivity contribution is 6.35. The van der Waals surface area contributed by atoms with E-state index in [2.05, 4.69) is 5.10 Å². The van der Waals surface area contributed by atoms with Crippen LogP contribution >= 0.6 is 34.8 Å². The van der Waals surface area contributed by atoms with E-state index in [-0.39, 0.29) is 11.6 Å². The molecule has 1 aliphatic rings. The lowest BCUT2D eigenvalue weighted by atomic mass is 9.91. The summed E-state index contributed by atoms with van der Waals surface area (Å²) in [5, 5.41) is 15.9. The zero-order valence-corrected chi connectivity index (χ0v) is 17.8. The van der Waals surface area contributed by atoms with Crippen molar-refractivity contribution in [3.8, 4) is 5.69 Å². The topological polar surface area (TPSA) is 55.1 Å². The van der Waals surface area contributed by atoms with Gasteiger partial charge in [0.15, 0.2) is 5.69 Å². The van der Waals surface area contributed by atoms with Gasteiger partial charge in [-0.2, -0.15) is 5.10 Å². The standard InChI is InChI=1S/C22H19Cl3N2O2/c23-15-6-3-4-13(11-15)10-14-5-1-2-7-17-20(22(28)29)26-27(21(14)17)19-9-8-16(24)12-18(19)25/h3-4,6,8-9,11-12,14H,1-2,5,7,10H2,(H,28,29)/t14-/m0/s1. The summed E-state index contributed by atoms with van der Waals surface area (Å²) in [4.78, 5) is 11.9. The Morgan fingerprint density at radius 1 is 1.10 bits per heavy atom. The number of benzene rings is 2. The van der Waals surface area contributed by atoms with E-state index in [1.807, 2.05) is 24.3 Å². The molecule has 4 rings (SSSR count). The van der Waals surface area contributed by atoms with Crippen LogP contribution in [0.4, 0.5) is 0 Å². The van der Waals surface area contributed by atoms with Crippen molar-refractivity contribution in [2.45, 2.75) is 38.0 Å². The number of aromatic nitrogens is 2. The van der Waals surface area contributed by atoms with Crippen LogP contribution in [-0.2, 0) is 12.8 Å². The molecule has 0 bridgehead atoms. The number of hydrogen-bond donors (Lipinski definition) is 1. The molecule has 0 amide bonds. The van der Waals surface area contributed by atoms with Gasteiger partial charge in [-0.3, -0.25) is 0 Å². The Bertz CT molecular complexity index is 1080. The second-order valence-electron chi connectivity index (χ2n) is 7.30. The number of rotatable bonds is 4. The Morgan fingerprint density at radius 3 is 2.62 bits per heavy atom. The minimum atomic E-state index is -1.02. The highest BCUT2D eigenvalue weighted by atomic mass is 35.5. The third-order valence-electron chi connectivity index (χ3n) is 5.35. The molecule has 7 heteroatoms. The van der Waals surface area contributed by atoms with Crippen LogP contribution in [0.25, 0.3) is 5.69 Å². The van der Waals surface area contributed by atoms with E-state index in [0.717, 1.165) is 42.5 Å². The second-order valence-corrected chi connectivity index (χ2v) is 8.58. The first-order chi connectivity index (χ1) is 13.9. The predicted molar refractivity (Wildman–Crippen MR) is 116 cm³/mol. The monoisotopic (exact) mass is 448 g/mol. The van der Waals surface area contributed by atoms with Crippen molar-refractivity contribution in [3.05, 3.63) is 80.0 Å². The van der Waals surface area contributed by atoms with E-state index >= 15 is 0 Å². The van der Waals surface area contributed by atoms with Crippen LogP contribution in [0, 0.1) is 0 Å². The van der Waals surface area contributed by atoms with Crippen LogP contribution in [0.5, 0.6) is 0 Å². The van der Waals surface area contributed by atoms with Crippen LogP contribution in [0.1, 0.15) is 52.5 Å². The van der Waals surface area contributed by atoms with Crippen molar-refractivity contribution < 1.29 is 9.90 Å². The van der Waals surface area contributed by atoms with Crippen molar-refractivity contribution in [1.82, 2.24) is 9.78 Å². The molecule has 29 heavy (non-hydrogen) atoms. The first-order valence-corrected chi connectivity index (χ1v) is 10.6. The molecule has 150 valence electrons. The Labute approximate surface area is 184 Å². The zero-order chi connectivity index (χ0) is 20.5. The maximum absolute atomic E-state index is 11.9. The summed E-state index contributed by atoms with van der Waals surface area (Å²) in [6, 6.07) is 13.0. The molecule has 0 saturated carbocycles. The smallest absolute Gasteiger partial charge is 0.356 e. The Morgan fingerprint density at radius 2 is 1.90 bits per heavy atom. The maximum atomic E-state index is 11.9. The van der Waals surface area contributed by atoms with E-state index in [1.54, 1.807) is 22.9 Å². The van der Waals surface area contributed by atoms with Gasteiger partial charge < -0.3 is 5.11 Å². The molecule has 1 aromatic heterocycles. The lowest BCUT2D eigenvalue weighted by molar-refractivity contribution is 0.0688. The number of carboxylic acids is 1. The van der Waals surface area contributed by atoms with E-state index < -0.39 is 5.97 Å². The minimum Gasteiger partial charge on any atom is -0.476 e. The average molecular weight is 450 g/mol. The average Bonchev–Trinajstić information content (AvgIpc) is 2.92. The van der Waals surface area contributed by atoms with Crippen molar-refractivity contribution in [1.29, 1.82) is 0 Å². The fourth-order valence-electron chi connectivity index (χ4n) is 4.11. The van der Waals surface area contributed by atoms with Crippen molar-refractivity contribution in [2.24, 2.45) is 0 Å². The zero-order valence-electron chi connectivity index (χ0n) is 15.5. The van der Waals surface area contributed by atoms with Crippen LogP contribution in [0.15, 0.2) is 42.5 Å². The normalized spacial score (nSPS) is 16.3. The number of aromatic carboxylic acids is 1. The predicted octanol–water partition coefficient (Wildman–Crippen LogP) is 6.58. The van der Waals surface area contributed by atoms with E-state index in [9.17, 15) is 9.90 Å². The third kappa shape index (κ3) is 4.16. The van der Waals surface area contributed by atoms with E-state index in [1.165, 1.54) is 0 Å². The van der Waals surface area contributed by atoms with Crippen LogP contribution in [0.3, 0.4) is 0 Å². The van der Waals surface area contributed by atoms with Gasteiger partial charge in [-0.1, -0.05) is 53.4 Å². The SMILES string of the molecule is O=C(O)c1nn(-c2ccc(Cl)cc2Cl)c2c1CCCC[C@H]2Cc1cccc(Cl)c1. The number of fused-ring (bicyclic) bond motifs is 1. The van der Waals surface area contributed by atoms with Crippen LogP contribution in [-0.4, -0.2) is 20.9 Å². The van der Waals surface area contributed by atoms with Crippen molar-refractivity contribution in [3.63, 3.8) is 0 Å². The largest absolute Gasteiger partial charge is 0.476 e. The van der Waals surface area contributed by atoms with E-state index in [4.69, 9.17) is 34.8 Å². The van der Waals surface area contributed by atoms with Gasteiger partial charge >= 0.3 is 5.97 Å². The van der Waals surface area contributed by atoms with Gasteiger partial charge in [-0.15, -0.1) is 0 Å². The van der Waals surface area contributed by atoms with Gasteiger partial charge in [0.1, 0.15) is 0 Å². The molecule has 2 aromatic carbocycles. The first-order valence-electron chi connectivity index (χ1n) is 9.49. The third-order valence-corrected chi connectivity index (χ3v) is 6.12. The molecule has 1 atom stereocenters. The molecule has 0 unspecified atom stereocenters. The molecule has 0 aliphatic heterocycles. The lowest BCUT2D eigenvalue weighted by Gasteiger charge is -2.19.